The highest BCUT2D eigenvalue weighted by molar-refractivity contribution is 8.00. The molecule has 36 heavy (non-hydrogen) atoms. The third-order valence-corrected chi connectivity index (χ3v) is 8.07. The van der Waals surface area contributed by atoms with E-state index in [1.807, 2.05) is 18.2 Å². The van der Waals surface area contributed by atoms with E-state index < -0.39 is 0 Å². The predicted octanol–water partition coefficient (Wildman–Crippen LogP) is 3.68. The van der Waals surface area contributed by atoms with Gasteiger partial charge in [0, 0.05) is 41.2 Å². The van der Waals surface area contributed by atoms with Crippen LogP contribution in [0.15, 0.2) is 52.2 Å². The number of anilines is 2. The topological polar surface area (TPSA) is 92.7 Å². The molecule has 3 aliphatic rings. The van der Waals surface area contributed by atoms with Gasteiger partial charge in [0.25, 0.3) is 5.56 Å². The van der Waals surface area contributed by atoms with Crippen LogP contribution >= 0.6 is 11.8 Å². The van der Waals surface area contributed by atoms with E-state index in [4.69, 9.17) is 4.74 Å². The van der Waals surface area contributed by atoms with Gasteiger partial charge in [-0.2, -0.15) is 0 Å². The Bertz CT molecular complexity index is 1440. The maximum absolute atomic E-state index is 14.6. The number of aromatic nitrogens is 1. The minimum Gasteiger partial charge on any atom is -0.444 e. The third-order valence-electron chi connectivity index (χ3n) is 7.00. The van der Waals surface area contributed by atoms with E-state index in [0.717, 1.165) is 22.4 Å². The number of nitrogens with one attached hydrogen (secondary N) is 2. The molecule has 2 atom stereocenters. The number of benzene rings is 2. The summed E-state index contributed by atoms with van der Waals surface area (Å²) in [5.74, 6) is -0.0342. The van der Waals surface area contributed by atoms with Crippen LogP contribution in [0.5, 0.6) is 0 Å². The highest BCUT2D eigenvalue weighted by Crippen LogP contribution is 2.36. The molecule has 0 unspecified atom stereocenters. The van der Waals surface area contributed by atoms with Gasteiger partial charge in [0.05, 0.1) is 23.5 Å². The molecule has 4 heterocycles. The van der Waals surface area contributed by atoms with Crippen molar-refractivity contribution < 1.29 is 18.7 Å². The minimum absolute atomic E-state index is 0.0491. The number of rotatable bonds is 7. The van der Waals surface area contributed by atoms with E-state index in [1.165, 1.54) is 23.9 Å². The van der Waals surface area contributed by atoms with Crippen molar-refractivity contribution in [2.45, 2.75) is 36.3 Å². The Labute approximate surface area is 210 Å². The van der Waals surface area contributed by atoms with Gasteiger partial charge >= 0.3 is 6.09 Å². The number of carbonyl (C=O) groups excluding carboxylic acids is 2. The minimum atomic E-state index is -0.388. The molecule has 0 spiro atoms. The lowest BCUT2D eigenvalue weighted by Crippen LogP contribution is -2.27. The largest absolute Gasteiger partial charge is 0.444 e. The molecule has 186 valence electrons. The Balaban J connectivity index is 1.02. The number of halogens is 1. The number of amides is 2. The van der Waals surface area contributed by atoms with Crippen LogP contribution in [0.1, 0.15) is 24.3 Å². The first-order valence-electron chi connectivity index (χ1n) is 12.1. The van der Waals surface area contributed by atoms with Crippen LogP contribution in [0.25, 0.3) is 10.9 Å². The lowest BCUT2D eigenvalue weighted by atomic mass is 9.99. The molecule has 1 fully saturated rings. The Morgan fingerprint density at radius 3 is 2.86 bits per heavy atom. The zero-order chi connectivity index (χ0) is 24.8. The number of nitrogens with zero attached hydrogens (tertiary/aromatic N) is 2. The molecule has 10 heteroatoms. The maximum atomic E-state index is 14.6. The Morgan fingerprint density at radius 1 is 1.11 bits per heavy atom. The molecule has 0 saturated carbocycles. The summed E-state index contributed by atoms with van der Waals surface area (Å²) < 4.78 is 21.8. The van der Waals surface area contributed by atoms with Crippen molar-refractivity contribution >= 4 is 46.0 Å². The molecule has 0 bridgehead atoms. The van der Waals surface area contributed by atoms with Gasteiger partial charge < -0.3 is 19.9 Å². The zero-order valence-corrected chi connectivity index (χ0v) is 20.3. The molecule has 6 rings (SSSR count). The number of hydrogen-bond donors (Lipinski definition) is 2. The number of pyridine rings is 1. The fraction of sp³-hybridized carbons (Fsp3) is 0.346. The first-order chi connectivity index (χ1) is 17.5. The van der Waals surface area contributed by atoms with Crippen LogP contribution < -0.4 is 21.1 Å². The van der Waals surface area contributed by atoms with Gasteiger partial charge in [-0.1, -0.05) is 0 Å². The molecule has 2 aromatic carbocycles. The normalized spacial score (nSPS) is 20.5. The molecule has 1 saturated heterocycles. The van der Waals surface area contributed by atoms with E-state index in [9.17, 15) is 18.8 Å². The van der Waals surface area contributed by atoms with Gasteiger partial charge in [-0.25, -0.2) is 9.18 Å². The van der Waals surface area contributed by atoms with Crippen molar-refractivity contribution in [1.82, 2.24) is 9.88 Å². The average Bonchev–Trinajstić information content (AvgIpc) is 3.44. The van der Waals surface area contributed by atoms with E-state index in [0.29, 0.717) is 55.1 Å². The van der Waals surface area contributed by atoms with Crippen molar-refractivity contribution in [3.8, 4) is 0 Å². The van der Waals surface area contributed by atoms with Crippen LogP contribution in [0.2, 0.25) is 0 Å². The van der Waals surface area contributed by atoms with Crippen LogP contribution in [0.3, 0.4) is 0 Å². The SMILES string of the molecule is O=C1CSc2ccc(N3C[C@@H](CCCNC[C@@H]4Cn5c(=O)ccc6ccc(F)c4c65)OC3=O)cc2N1. The fourth-order valence-corrected chi connectivity index (χ4v) is 6.09. The van der Waals surface area contributed by atoms with Crippen molar-refractivity contribution in [3.05, 3.63) is 64.2 Å². The number of fused-ring (bicyclic) bond motifs is 1. The summed E-state index contributed by atoms with van der Waals surface area (Å²) in [6.45, 7) is 2.17. The summed E-state index contributed by atoms with van der Waals surface area (Å²) in [6.07, 6.45) is 0.871. The summed E-state index contributed by atoms with van der Waals surface area (Å²) in [5.41, 5.74) is 2.63. The van der Waals surface area contributed by atoms with Gasteiger partial charge in [-0.3, -0.25) is 14.5 Å². The predicted molar refractivity (Wildman–Crippen MR) is 136 cm³/mol. The lowest BCUT2D eigenvalue weighted by molar-refractivity contribution is -0.113. The second kappa shape index (κ2) is 9.25. The second-order valence-electron chi connectivity index (χ2n) is 9.36. The van der Waals surface area contributed by atoms with Crippen molar-refractivity contribution in [2.24, 2.45) is 0 Å². The van der Waals surface area contributed by atoms with Crippen LogP contribution in [-0.4, -0.2) is 48.1 Å². The lowest BCUT2D eigenvalue weighted by Gasteiger charge is -2.20. The number of thioether (sulfide) groups is 1. The summed E-state index contributed by atoms with van der Waals surface area (Å²) in [5, 5.41) is 7.12. The fourth-order valence-electron chi connectivity index (χ4n) is 5.30. The van der Waals surface area contributed by atoms with Gasteiger partial charge in [-0.05, 0) is 61.2 Å². The summed E-state index contributed by atoms with van der Waals surface area (Å²) in [6, 6.07) is 12.1. The second-order valence-corrected chi connectivity index (χ2v) is 10.4. The van der Waals surface area contributed by atoms with E-state index >= 15 is 0 Å². The van der Waals surface area contributed by atoms with E-state index in [1.54, 1.807) is 21.6 Å². The number of carbonyl (C=O) groups is 2. The van der Waals surface area contributed by atoms with Gasteiger partial charge in [0.15, 0.2) is 0 Å². The van der Waals surface area contributed by atoms with Crippen molar-refractivity contribution in [1.29, 1.82) is 0 Å². The van der Waals surface area contributed by atoms with Crippen molar-refractivity contribution in [3.63, 3.8) is 0 Å². The molecule has 8 nitrogen and oxygen atoms in total. The summed E-state index contributed by atoms with van der Waals surface area (Å²) >= 11 is 1.48. The molecular weight excluding hydrogens is 483 g/mol. The van der Waals surface area contributed by atoms with Gasteiger partial charge in [0.1, 0.15) is 11.9 Å². The Kier molecular flexibility index (Phi) is 5.93. The monoisotopic (exact) mass is 508 g/mol. The summed E-state index contributed by atoms with van der Waals surface area (Å²) in [4.78, 5) is 39.0. The first kappa shape index (κ1) is 23.1. The van der Waals surface area contributed by atoms with Crippen LogP contribution in [0, 0.1) is 5.82 Å². The molecule has 0 radical (unpaired) electrons. The third kappa shape index (κ3) is 4.14. The van der Waals surface area contributed by atoms with E-state index in [2.05, 4.69) is 10.6 Å². The van der Waals surface area contributed by atoms with E-state index in [-0.39, 0.29) is 35.4 Å². The molecular formula is C26H25FN4O4S. The summed E-state index contributed by atoms with van der Waals surface area (Å²) in [7, 11) is 0. The first-order valence-corrected chi connectivity index (χ1v) is 13.0. The number of ether oxygens (including phenoxy) is 1. The Morgan fingerprint density at radius 2 is 1.97 bits per heavy atom. The van der Waals surface area contributed by atoms with Gasteiger partial charge in [0.2, 0.25) is 5.91 Å². The van der Waals surface area contributed by atoms with Crippen LogP contribution in [-0.2, 0) is 16.1 Å². The number of hydrogen-bond acceptors (Lipinski definition) is 6. The zero-order valence-electron chi connectivity index (χ0n) is 19.5. The Hall–Kier alpha value is -3.37. The molecule has 1 aromatic heterocycles. The maximum Gasteiger partial charge on any atom is 0.414 e. The molecule has 2 amide bonds. The standard InChI is InChI=1S/C26H25FN4O4S/c27-19-6-3-15-4-8-23(33)31-12-16(24(19)25(15)31)11-28-9-1-2-18-13-30(26(34)35-18)17-5-7-21-20(10-17)29-22(32)14-36-21/h3-8,10,16,18,28H,1-2,9,11-14H2,(H,29,32)/t16-,18-/m1/s1. The molecule has 3 aromatic rings. The average molecular weight is 509 g/mol. The van der Waals surface area contributed by atoms with Crippen LogP contribution in [0.4, 0.5) is 20.6 Å². The molecule has 2 N–H and O–H groups in total. The highest BCUT2D eigenvalue weighted by Gasteiger charge is 2.33. The molecule has 0 aliphatic carbocycles. The van der Waals surface area contributed by atoms with Gasteiger partial charge in [-0.15, -0.1) is 11.8 Å². The van der Waals surface area contributed by atoms with Crippen molar-refractivity contribution in [2.75, 3.05) is 35.6 Å². The number of cyclic esters (lactones) is 1. The quantitative estimate of drug-likeness (QED) is 0.473. The molecule has 3 aliphatic heterocycles. The highest BCUT2D eigenvalue weighted by atomic mass is 32.2. The smallest absolute Gasteiger partial charge is 0.414 e.